The third kappa shape index (κ3) is 1.48. The molecule has 0 N–H and O–H groups in total. The van der Waals surface area contributed by atoms with E-state index < -0.39 is 0 Å². The van der Waals surface area contributed by atoms with Gasteiger partial charge in [0.2, 0.25) is 0 Å². The standard InChI is InChI=1S/C7H13Br/c1-6-4-2-3-5-7(6)8/h6-7H,2-5H2,1H3/t6-,7+/m1/s1. The lowest BCUT2D eigenvalue weighted by molar-refractivity contribution is 0.403. The molecule has 0 aromatic rings. The molecule has 1 rings (SSSR count). The Kier molecular flexibility index (Phi) is 2.36. The monoisotopic (exact) mass is 176 g/mol. The molecule has 0 aromatic carbocycles. The predicted octanol–water partition coefficient (Wildman–Crippen LogP) is 2.96. The number of hydrogen-bond donors (Lipinski definition) is 0. The molecule has 0 aromatic heterocycles. The molecule has 0 heterocycles. The molecule has 0 saturated heterocycles. The molecule has 1 saturated carbocycles. The van der Waals surface area contributed by atoms with Gasteiger partial charge in [0, 0.05) is 4.83 Å². The van der Waals surface area contributed by atoms with E-state index >= 15 is 0 Å². The summed E-state index contributed by atoms with van der Waals surface area (Å²) in [6, 6.07) is 0. The van der Waals surface area contributed by atoms with Crippen molar-refractivity contribution in [2.75, 3.05) is 0 Å². The largest absolute Gasteiger partial charge is 0.0888 e. The number of hydrogen-bond acceptors (Lipinski definition) is 0. The molecule has 0 nitrogen and oxygen atoms in total. The van der Waals surface area contributed by atoms with E-state index in [1.165, 1.54) is 25.7 Å². The van der Waals surface area contributed by atoms with Gasteiger partial charge in [-0.3, -0.25) is 0 Å². The Morgan fingerprint density at radius 3 is 2.25 bits per heavy atom. The summed E-state index contributed by atoms with van der Waals surface area (Å²) in [5.74, 6) is 0.920. The zero-order valence-corrected chi connectivity index (χ0v) is 6.95. The summed E-state index contributed by atoms with van der Waals surface area (Å²) in [4.78, 5) is 0.816. The van der Waals surface area contributed by atoms with Crippen molar-refractivity contribution in [1.29, 1.82) is 0 Å². The Hall–Kier alpha value is 0.480. The lowest BCUT2D eigenvalue weighted by Gasteiger charge is -2.22. The Morgan fingerprint density at radius 1 is 1.25 bits per heavy atom. The van der Waals surface area contributed by atoms with Gasteiger partial charge in [-0.1, -0.05) is 35.7 Å². The van der Waals surface area contributed by atoms with Gasteiger partial charge >= 0.3 is 0 Å². The first kappa shape index (κ1) is 6.60. The zero-order chi connectivity index (χ0) is 5.98. The Labute approximate surface area is 59.8 Å². The van der Waals surface area contributed by atoms with Crippen LogP contribution in [0.15, 0.2) is 0 Å². The maximum Gasteiger partial charge on any atom is 0.0171 e. The Bertz CT molecular complexity index is 60.8. The van der Waals surface area contributed by atoms with Gasteiger partial charge in [0.05, 0.1) is 0 Å². The summed E-state index contributed by atoms with van der Waals surface area (Å²) < 4.78 is 0. The Balaban J connectivity index is 2.28. The van der Waals surface area contributed by atoms with E-state index in [0.29, 0.717) is 0 Å². The van der Waals surface area contributed by atoms with Crippen molar-refractivity contribution in [1.82, 2.24) is 0 Å². The van der Waals surface area contributed by atoms with Crippen molar-refractivity contribution in [2.24, 2.45) is 5.92 Å². The molecule has 0 unspecified atom stereocenters. The molecule has 1 heteroatoms. The summed E-state index contributed by atoms with van der Waals surface area (Å²) in [6.07, 6.45) is 5.70. The first-order valence-electron chi connectivity index (χ1n) is 3.45. The van der Waals surface area contributed by atoms with E-state index in [4.69, 9.17) is 0 Å². The van der Waals surface area contributed by atoms with Crippen LogP contribution < -0.4 is 0 Å². The van der Waals surface area contributed by atoms with Gasteiger partial charge in [-0.15, -0.1) is 0 Å². The smallest absolute Gasteiger partial charge is 0.0171 e. The molecular weight excluding hydrogens is 164 g/mol. The first-order chi connectivity index (χ1) is 3.80. The highest BCUT2D eigenvalue weighted by molar-refractivity contribution is 9.09. The third-order valence-corrected chi connectivity index (χ3v) is 3.37. The van der Waals surface area contributed by atoms with Crippen LogP contribution in [0.5, 0.6) is 0 Å². The molecule has 0 radical (unpaired) electrons. The molecule has 1 fully saturated rings. The van der Waals surface area contributed by atoms with Crippen LogP contribution >= 0.6 is 15.9 Å². The minimum atomic E-state index is 0.816. The summed E-state index contributed by atoms with van der Waals surface area (Å²) in [5, 5.41) is 0. The summed E-state index contributed by atoms with van der Waals surface area (Å²) in [6.45, 7) is 2.33. The second-order valence-corrected chi connectivity index (χ2v) is 3.95. The second-order valence-electron chi connectivity index (χ2n) is 2.78. The minimum absolute atomic E-state index is 0.816. The van der Waals surface area contributed by atoms with Gasteiger partial charge in [-0.05, 0) is 18.8 Å². The van der Waals surface area contributed by atoms with Gasteiger partial charge in [0.15, 0.2) is 0 Å². The average Bonchev–Trinajstić information content (AvgIpc) is 1.77. The van der Waals surface area contributed by atoms with Crippen LogP contribution in [0.3, 0.4) is 0 Å². The third-order valence-electron chi connectivity index (χ3n) is 2.01. The van der Waals surface area contributed by atoms with Crippen LogP contribution in [0.2, 0.25) is 0 Å². The lowest BCUT2D eigenvalue weighted by atomic mass is 9.91. The number of halogens is 1. The van der Waals surface area contributed by atoms with Crippen molar-refractivity contribution in [3.05, 3.63) is 0 Å². The van der Waals surface area contributed by atoms with E-state index in [2.05, 4.69) is 22.9 Å². The van der Waals surface area contributed by atoms with Crippen LogP contribution in [-0.4, -0.2) is 4.83 Å². The zero-order valence-electron chi connectivity index (χ0n) is 5.36. The fourth-order valence-electron chi connectivity index (χ4n) is 1.27. The molecule has 0 amide bonds. The van der Waals surface area contributed by atoms with Crippen LogP contribution in [0.1, 0.15) is 32.6 Å². The molecule has 0 bridgehead atoms. The van der Waals surface area contributed by atoms with Crippen molar-refractivity contribution >= 4 is 15.9 Å². The molecule has 0 aliphatic heterocycles. The average molecular weight is 177 g/mol. The molecule has 48 valence electrons. The molecule has 1 aliphatic carbocycles. The maximum atomic E-state index is 3.65. The molecule has 0 spiro atoms. The van der Waals surface area contributed by atoms with Crippen LogP contribution in [0.25, 0.3) is 0 Å². The van der Waals surface area contributed by atoms with Gasteiger partial charge < -0.3 is 0 Å². The van der Waals surface area contributed by atoms with Gasteiger partial charge in [-0.2, -0.15) is 0 Å². The first-order valence-corrected chi connectivity index (χ1v) is 4.36. The van der Waals surface area contributed by atoms with Crippen LogP contribution in [0, 0.1) is 5.92 Å². The molecule has 1 aliphatic rings. The predicted molar refractivity (Wildman–Crippen MR) is 40.3 cm³/mol. The van der Waals surface area contributed by atoms with E-state index in [1.807, 2.05) is 0 Å². The summed E-state index contributed by atoms with van der Waals surface area (Å²) in [5.41, 5.74) is 0. The molecule has 2 atom stereocenters. The van der Waals surface area contributed by atoms with Gasteiger partial charge in [0.25, 0.3) is 0 Å². The highest BCUT2D eigenvalue weighted by Crippen LogP contribution is 2.28. The fourth-order valence-corrected chi connectivity index (χ4v) is 1.86. The van der Waals surface area contributed by atoms with Crippen molar-refractivity contribution in [3.63, 3.8) is 0 Å². The maximum absolute atomic E-state index is 3.65. The van der Waals surface area contributed by atoms with Crippen molar-refractivity contribution < 1.29 is 0 Å². The molecule has 8 heavy (non-hydrogen) atoms. The number of rotatable bonds is 0. The highest BCUT2D eigenvalue weighted by Gasteiger charge is 2.17. The van der Waals surface area contributed by atoms with E-state index in [1.54, 1.807) is 0 Å². The quantitative estimate of drug-likeness (QED) is 0.499. The number of alkyl halides is 1. The normalized spacial score (nSPS) is 39.8. The van der Waals surface area contributed by atoms with Crippen LogP contribution in [-0.2, 0) is 0 Å². The second kappa shape index (κ2) is 2.86. The van der Waals surface area contributed by atoms with E-state index in [0.717, 1.165) is 10.7 Å². The van der Waals surface area contributed by atoms with E-state index in [9.17, 15) is 0 Å². The molecular formula is C7H13Br. The SMILES string of the molecule is C[C@@H]1CCCC[C@@H]1Br. The van der Waals surface area contributed by atoms with Gasteiger partial charge in [-0.25, -0.2) is 0 Å². The van der Waals surface area contributed by atoms with Crippen molar-refractivity contribution in [3.8, 4) is 0 Å². The summed E-state index contributed by atoms with van der Waals surface area (Å²) >= 11 is 3.65. The summed E-state index contributed by atoms with van der Waals surface area (Å²) in [7, 11) is 0. The van der Waals surface area contributed by atoms with Crippen molar-refractivity contribution in [2.45, 2.75) is 37.4 Å². The van der Waals surface area contributed by atoms with E-state index in [-0.39, 0.29) is 0 Å². The highest BCUT2D eigenvalue weighted by atomic mass is 79.9. The van der Waals surface area contributed by atoms with Crippen LogP contribution in [0.4, 0.5) is 0 Å². The fraction of sp³-hybridized carbons (Fsp3) is 1.00. The minimum Gasteiger partial charge on any atom is -0.0888 e. The lowest BCUT2D eigenvalue weighted by Crippen LogP contribution is -2.15. The topological polar surface area (TPSA) is 0 Å². The Morgan fingerprint density at radius 2 is 1.88 bits per heavy atom. The van der Waals surface area contributed by atoms with Gasteiger partial charge in [0.1, 0.15) is 0 Å².